The van der Waals surface area contributed by atoms with Crippen molar-refractivity contribution in [3.8, 4) is 0 Å². The third kappa shape index (κ3) is 6.38. The summed E-state index contributed by atoms with van der Waals surface area (Å²) in [6, 6.07) is 5.91. The zero-order chi connectivity index (χ0) is 16.7. The summed E-state index contributed by atoms with van der Waals surface area (Å²) in [5.74, 6) is 0.533. The molecule has 2 N–H and O–H groups in total. The minimum Gasteiger partial charge on any atom is -0.354 e. The van der Waals surface area contributed by atoms with Crippen molar-refractivity contribution in [2.24, 2.45) is 11.8 Å². The third-order valence-electron chi connectivity index (χ3n) is 4.42. The van der Waals surface area contributed by atoms with Gasteiger partial charge in [-0.05, 0) is 42.4 Å². The van der Waals surface area contributed by atoms with E-state index in [9.17, 15) is 14.0 Å². The summed E-state index contributed by atoms with van der Waals surface area (Å²) >= 11 is 0. The first-order valence-electron chi connectivity index (χ1n) is 8.30. The van der Waals surface area contributed by atoms with Crippen molar-refractivity contribution in [3.05, 3.63) is 35.6 Å². The van der Waals surface area contributed by atoms with Gasteiger partial charge in [0.2, 0.25) is 11.8 Å². The van der Waals surface area contributed by atoms with Crippen LogP contribution in [-0.4, -0.2) is 24.9 Å². The summed E-state index contributed by atoms with van der Waals surface area (Å²) in [6.07, 6.45) is 4.85. The molecule has 0 heterocycles. The van der Waals surface area contributed by atoms with Crippen LogP contribution in [0.5, 0.6) is 0 Å². The molecule has 1 aromatic carbocycles. The summed E-state index contributed by atoms with van der Waals surface area (Å²) in [7, 11) is 0. The van der Waals surface area contributed by atoms with Crippen molar-refractivity contribution >= 4 is 11.8 Å². The highest BCUT2D eigenvalue weighted by molar-refractivity contribution is 5.85. The summed E-state index contributed by atoms with van der Waals surface area (Å²) in [6.45, 7) is 2.92. The minimum atomic E-state index is -0.366. The van der Waals surface area contributed by atoms with E-state index >= 15 is 0 Å². The Morgan fingerprint density at radius 1 is 1.13 bits per heavy atom. The number of halogens is 1. The zero-order valence-corrected chi connectivity index (χ0v) is 13.6. The highest BCUT2D eigenvalue weighted by Crippen LogP contribution is 2.27. The van der Waals surface area contributed by atoms with E-state index in [0.29, 0.717) is 18.0 Å². The summed E-state index contributed by atoms with van der Waals surface area (Å²) in [5, 5.41) is 5.45. The molecule has 1 aromatic rings. The minimum absolute atomic E-state index is 0.0305. The fraction of sp³-hybridized carbons (Fsp3) is 0.556. The first-order chi connectivity index (χ1) is 11.0. The molecule has 126 valence electrons. The van der Waals surface area contributed by atoms with Gasteiger partial charge in [0.25, 0.3) is 0 Å². The predicted octanol–water partition coefficient (Wildman–Crippen LogP) is 2.43. The molecule has 0 saturated heterocycles. The zero-order valence-electron chi connectivity index (χ0n) is 13.6. The summed E-state index contributed by atoms with van der Waals surface area (Å²) < 4.78 is 13.0. The Hall–Kier alpha value is -1.91. The number of nitrogens with one attached hydrogen (secondary N) is 2. The van der Waals surface area contributed by atoms with Gasteiger partial charge in [-0.2, -0.15) is 0 Å². The largest absolute Gasteiger partial charge is 0.354 e. The predicted molar refractivity (Wildman–Crippen MR) is 87.2 cm³/mol. The van der Waals surface area contributed by atoms with E-state index in [0.717, 1.165) is 18.8 Å². The molecule has 0 aliphatic heterocycles. The fourth-order valence-electron chi connectivity index (χ4n) is 2.93. The normalized spacial score (nSPS) is 20.8. The van der Waals surface area contributed by atoms with Crippen LogP contribution < -0.4 is 10.6 Å². The van der Waals surface area contributed by atoms with Crippen molar-refractivity contribution in [1.29, 1.82) is 0 Å². The Kier molecular flexibility index (Phi) is 6.56. The van der Waals surface area contributed by atoms with E-state index in [2.05, 4.69) is 17.6 Å². The van der Waals surface area contributed by atoms with Gasteiger partial charge in [0.05, 0.1) is 13.0 Å². The lowest BCUT2D eigenvalue weighted by Crippen LogP contribution is -2.39. The van der Waals surface area contributed by atoms with Gasteiger partial charge >= 0.3 is 0 Å². The number of carbonyl (C=O) groups excluding carboxylic acids is 2. The smallest absolute Gasteiger partial charge is 0.239 e. The maximum atomic E-state index is 13.0. The molecule has 4 nitrogen and oxygen atoms in total. The van der Waals surface area contributed by atoms with Crippen LogP contribution in [0.4, 0.5) is 4.39 Å². The highest BCUT2D eigenvalue weighted by Gasteiger charge is 2.18. The van der Waals surface area contributed by atoms with Crippen molar-refractivity contribution in [3.63, 3.8) is 0 Å². The van der Waals surface area contributed by atoms with Crippen molar-refractivity contribution in [1.82, 2.24) is 10.6 Å². The Morgan fingerprint density at radius 3 is 2.57 bits per heavy atom. The van der Waals surface area contributed by atoms with Crippen LogP contribution in [0.15, 0.2) is 24.3 Å². The van der Waals surface area contributed by atoms with Crippen LogP contribution in [0.2, 0.25) is 0 Å². The maximum absolute atomic E-state index is 13.0. The Bertz CT molecular complexity index is 540. The maximum Gasteiger partial charge on any atom is 0.239 e. The highest BCUT2D eigenvalue weighted by atomic mass is 19.1. The second-order valence-electron chi connectivity index (χ2n) is 6.51. The number of hydrogen-bond donors (Lipinski definition) is 2. The second kappa shape index (κ2) is 8.65. The number of amides is 2. The van der Waals surface area contributed by atoms with Gasteiger partial charge in [-0.25, -0.2) is 4.39 Å². The van der Waals surface area contributed by atoms with E-state index < -0.39 is 0 Å². The molecule has 1 saturated carbocycles. The SMILES string of the molecule is CC1CCC(CNC(=O)CNC(=O)Cc2cccc(F)c2)CC1. The molecular formula is C18H25FN2O2. The molecule has 0 unspecified atom stereocenters. The quantitative estimate of drug-likeness (QED) is 0.846. The molecule has 0 spiro atoms. The Labute approximate surface area is 136 Å². The van der Waals surface area contributed by atoms with Crippen molar-refractivity contribution < 1.29 is 14.0 Å². The lowest BCUT2D eigenvalue weighted by molar-refractivity contribution is -0.125. The standard InChI is InChI=1S/C18H25FN2O2/c1-13-5-7-14(8-6-13)11-20-18(23)12-21-17(22)10-15-3-2-4-16(19)9-15/h2-4,9,13-14H,5-8,10-12H2,1H3,(H,20,23)(H,21,22). The third-order valence-corrected chi connectivity index (χ3v) is 4.42. The van der Waals surface area contributed by atoms with Crippen LogP contribution >= 0.6 is 0 Å². The topological polar surface area (TPSA) is 58.2 Å². The molecule has 1 aliphatic rings. The van der Waals surface area contributed by atoms with E-state index in [4.69, 9.17) is 0 Å². The van der Waals surface area contributed by atoms with E-state index in [1.54, 1.807) is 12.1 Å². The number of rotatable bonds is 6. The van der Waals surface area contributed by atoms with Crippen LogP contribution in [0.3, 0.4) is 0 Å². The molecule has 1 fully saturated rings. The molecule has 23 heavy (non-hydrogen) atoms. The molecule has 0 atom stereocenters. The number of benzene rings is 1. The number of carbonyl (C=O) groups is 2. The van der Waals surface area contributed by atoms with Crippen molar-refractivity contribution in [2.45, 2.75) is 39.0 Å². The monoisotopic (exact) mass is 320 g/mol. The van der Waals surface area contributed by atoms with Gasteiger partial charge in [-0.1, -0.05) is 31.9 Å². The summed E-state index contributed by atoms with van der Waals surface area (Å²) in [5.41, 5.74) is 0.597. The lowest BCUT2D eigenvalue weighted by Gasteiger charge is -2.26. The van der Waals surface area contributed by atoms with E-state index in [1.165, 1.54) is 25.0 Å². The average Bonchev–Trinajstić information content (AvgIpc) is 2.52. The molecule has 0 bridgehead atoms. The molecule has 2 amide bonds. The van der Waals surface area contributed by atoms with Gasteiger partial charge in [0, 0.05) is 6.54 Å². The second-order valence-corrected chi connectivity index (χ2v) is 6.51. The van der Waals surface area contributed by atoms with Gasteiger partial charge < -0.3 is 10.6 Å². The van der Waals surface area contributed by atoms with Gasteiger partial charge in [0.1, 0.15) is 5.82 Å². The first kappa shape index (κ1) is 17.4. The fourth-order valence-corrected chi connectivity index (χ4v) is 2.93. The average molecular weight is 320 g/mol. The molecule has 0 aromatic heterocycles. The van der Waals surface area contributed by atoms with Gasteiger partial charge in [0.15, 0.2) is 0 Å². The molecule has 2 rings (SSSR count). The van der Waals surface area contributed by atoms with Crippen LogP contribution in [0.25, 0.3) is 0 Å². The van der Waals surface area contributed by atoms with E-state index in [1.807, 2.05) is 0 Å². The van der Waals surface area contributed by atoms with Gasteiger partial charge in [-0.15, -0.1) is 0 Å². The van der Waals surface area contributed by atoms with Gasteiger partial charge in [-0.3, -0.25) is 9.59 Å². The van der Waals surface area contributed by atoms with Crippen molar-refractivity contribution in [2.75, 3.05) is 13.1 Å². The van der Waals surface area contributed by atoms with Crippen LogP contribution in [0.1, 0.15) is 38.2 Å². The molecular weight excluding hydrogens is 295 g/mol. The molecule has 1 aliphatic carbocycles. The Balaban J connectivity index is 1.63. The van der Waals surface area contributed by atoms with Crippen LogP contribution in [-0.2, 0) is 16.0 Å². The molecule has 0 radical (unpaired) electrons. The Morgan fingerprint density at radius 2 is 1.87 bits per heavy atom. The molecule has 5 heteroatoms. The van der Waals surface area contributed by atoms with Crippen LogP contribution in [0, 0.1) is 17.7 Å². The number of hydrogen-bond acceptors (Lipinski definition) is 2. The first-order valence-corrected chi connectivity index (χ1v) is 8.30. The summed E-state index contributed by atoms with van der Waals surface area (Å²) in [4.78, 5) is 23.5. The lowest BCUT2D eigenvalue weighted by atomic mass is 9.83. The van der Waals surface area contributed by atoms with E-state index in [-0.39, 0.29) is 30.6 Å².